The molecule has 6 nitrogen and oxygen atoms in total. The Bertz CT molecular complexity index is 911. The van der Waals surface area contributed by atoms with Crippen LogP contribution in [0, 0.1) is 0 Å². The van der Waals surface area contributed by atoms with Crippen LogP contribution in [0.15, 0.2) is 42.6 Å². The molecule has 1 amide bonds. The molecule has 0 saturated carbocycles. The summed E-state index contributed by atoms with van der Waals surface area (Å²) in [5.74, 6) is 0.0638. The van der Waals surface area contributed by atoms with Crippen molar-refractivity contribution in [3.8, 4) is 11.3 Å². The molecule has 26 heavy (non-hydrogen) atoms. The Balaban J connectivity index is 1.84. The zero-order valence-electron chi connectivity index (χ0n) is 15.0. The quantitative estimate of drug-likeness (QED) is 0.789. The van der Waals surface area contributed by atoms with Crippen LogP contribution in [0.5, 0.6) is 0 Å². The van der Waals surface area contributed by atoms with Crippen molar-refractivity contribution >= 4 is 16.9 Å². The summed E-state index contributed by atoms with van der Waals surface area (Å²) in [6, 6.07) is 11.9. The Morgan fingerprint density at radius 1 is 1.19 bits per heavy atom. The van der Waals surface area contributed by atoms with Crippen LogP contribution >= 0.6 is 0 Å². The van der Waals surface area contributed by atoms with Gasteiger partial charge in [-0.05, 0) is 26.0 Å². The zero-order valence-corrected chi connectivity index (χ0v) is 15.0. The van der Waals surface area contributed by atoms with Gasteiger partial charge < -0.3 is 10.2 Å². The molecule has 1 saturated heterocycles. The molecule has 1 fully saturated rings. The van der Waals surface area contributed by atoms with Crippen LogP contribution in [0.4, 0.5) is 0 Å². The lowest BCUT2D eigenvalue weighted by Gasteiger charge is -2.20. The maximum Gasteiger partial charge on any atom is 0.254 e. The Morgan fingerprint density at radius 2 is 2.04 bits per heavy atom. The largest absolute Gasteiger partial charge is 0.337 e. The first-order chi connectivity index (χ1) is 12.8. The van der Waals surface area contributed by atoms with Gasteiger partial charge in [0.15, 0.2) is 5.65 Å². The lowest BCUT2D eigenvalue weighted by molar-refractivity contribution is 0.0768. The fraction of sp³-hybridized carbons (Fsp3) is 0.350. The molecule has 1 aliphatic heterocycles. The van der Waals surface area contributed by atoms with Crippen molar-refractivity contribution in [2.45, 2.75) is 19.9 Å². The molecule has 3 heterocycles. The van der Waals surface area contributed by atoms with Gasteiger partial charge in [-0.3, -0.25) is 4.79 Å². The molecule has 0 atom stereocenters. The van der Waals surface area contributed by atoms with E-state index in [0.29, 0.717) is 5.56 Å². The topological polar surface area (TPSA) is 63.1 Å². The summed E-state index contributed by atoms with van der Waals surface area (Å²) in [7, 11) is 0. The molecule has 134 valence electrons. The van der Waals surface area contributed by atoms with E-state index in [-0.39, 0.29) is 5.91 Å². The summed E-state index contributed by atoms with van der Waals surface area (Å²) in [6.45, 7) is 6.04. The molecule has 0 spiro atoms. The van der Waals surface area contributed by atoms with E-state index in [1.54, 1.807) is 6.20 Å². The van der Waals surface area contributed by atoms with E-state index in [1.807, 2.05) is 52.9 Å². The van der Waals surface area contributed by atoms with Crippen LogP contribution in [-0.4, -0.2) is 51.8 Å². The minimum absolute atomic E-state index is 0.0638. The summed E-state index contributed by atoms with van der Waals surface area (Å²) >= 11 is 0. The molecule has 1 N–H and O–H groups in total. The van der Waals surface area contributed by atoms with E-state index in [0.717, 1.165) is 61.4 Å². The second kappa shape index (κ2) is 7.25. The van der Waals surface area contributed by atoms with Crippen molar-refractivity contribution in [2.75, 3.05) is 26.2 Å². The number of carbonyl (C=O) groups excluding carboxylic acids is 1. The van der Waals surface area contributed by atoms with Crippen molar-refractivity contribution < 1.29 is 4.79 Å². The molecular weight excluding hydrogens is 326 g/mol. The number of benzene rings is 1. The third kappa shape index (κ3) is 3.08. The van der Waals surface area contributed by atoms with E-state index in [2.05, 4.69) is 10.4 Å². The van der Waals surface area contributed by atoms with Gasteiger partial charge in [0, 0.05) is 31.7 Å². The molecule has 1 aliphatic rings. The standard InChI is InChI=1S/C20H23N5O/c1-2-25-19-17(14-22-25)16(20(26)24-11-6-9-21-10-12-24)13-18(23-19)15-7-4-3-5-8-15/h3-5,7-8,13-14,21H,2,6,9-12H2,1H3. The number of rotatable bonds is 3. The van der Waals surface area contributed by atoms with E-state index in [9.17, 15) is 4.79 Å². The summed E-state index contributed by atoms with van der Waals surface area (Å²) < 4.78 is 1.85. The fourth-order valence-corrected chi connectivity index (χ4v) is 3.43. The van der Waals surface area contributed by atoms with Crippen LogP contribution in [0.3, 0.4) is 0 Å². The number of pyridine rings is 1. The van der Waals surface area contributed by atoms with Gasteiger partial charge in [0.2, 0.25) is 0 Å². The van der Waals surface area contributed by atoms with Crippen molar-refractivity contribution in [1.82, 2.24) is 25.0 Å². The maximum absolute atomic E-state index is 13.3. The van der Waals surface area contributed by atoms with Gasteiger partial charge in [-0.15, -0.1) is 0 Å². The SMILES string of the molecule is CCn1ncc2c(C(=O)N3CCCNCC3)cc(-c3ccccc3)nc21. The number of hydrogen-bond acceptors (Lipinski definition) is 4. The third-order valence-electron chi connectivity index (χ3n) is 4.84. The Hall–Kier alpha value is -2.73. The van der Waals surface area contributed by atoms with Crippen molar-refractivity contribution in [3.63, 3.8) is 0 Å². The molecule has 0 unspecified atom stereocenters. The van der Waals surface area contributed by atoms with Crippen LogP contribution in [0.1, 0.15) is 23.7 Å². The summed E-state index contributed by atoms with van der Waals surface area (Å²) in [4.78, 5) is 20.0. The molecule has 1 aromatic carbocycles. The van der Waals surface area contributed by atoms with E-state index in [1.165, 1.54) is 0 Å². The molecule has 0 bridgehead atoms. The van der Waals surface area contributed by atoms with E-state index >= 15 is 0 Å². The van der Waals surface area contributed by atoms with Crippen molar-refractivity contribution in [3.05, 3.63) is 48.2 Å². The molecule has 6 heteroatoms. The first-order valence-corrected chi connectivity index (χ1v) is 9.20. The first kappa shape index (κ1) is 16.7. The number of nitrogens with one attached hydrogen (secondary N) is 1. The van der Waals surface area contributed by atoms with E-state index in [4.69, 9.17) is 4.98 Å². The van der Waals surface area contributed by atoms with Gasteiger partial charge >= 0.3 is 0 Å². The lowest BCUT2D eigenvalue weighted by Crippen LogP contribution is -2.34. The second-order valence-corrected chi connectivity index (χ2v) is 6.51. The van der Waals surface area contributed by atoms with Gasteiger partial charge in [0.05, 0.1) is 22.8 Å². The van der Waals surface area contributed by atoms with Crippen molar-refractivity contribution in [1.29, 1.82) is 0 Å². The Labute approximate surface area is 152 Å². The van der Waals surface area contributed by atoms with Gasteiger partial charge in [0.1, 0.15) is 0 Å². The highest BCUT2D eigenvalue weighted by Crippen LogP contribution is 2.26. The third-order valence-corrected chi connectivity index (χ3v) is 4.84. The van der Waals surface area contributed by atoms with Gasteiger partial charge in [-0.1, -0.05) is 30.3 Å². The van der Waals surface area contributed by atoms with Crippen LogP contribution in [-0.2, 0) is 6.54 Å². The smallest absolute Gasteiger partial charge is 0.254 e. The molecule has 2 aromatic heterocycles. The lowest BCUT2D eigenvalue weighted by atomic mass is 10.1. The van der Waals surface area contributed by atoms with Crippen molar-refractivity contribution in [2.24, 2.45) is 0 Å². The number of hydrogen-bond donors (Lipinski definition) is 1. The monoisotopic (exact) mass is 349 g/mol. The van der Waals surface area contributed by atoms with Gasteiger partial charge in [-0.25, -0.2) is 9.67 Å². The number of aryl methyl sites for hydroxylation is 1. The highest BCUT2D eigenvalue weighted by molar-refractivity contribution is 6.06. The number of amides is 1. The molecule has 4 rings (SSSR count). The minimum Gasteiger partial charge on any atom is -0.337 e. The highest BCUT2D eigenvalue weighted by Gasteiger charge is 2.22. The van der Waals surface area contributed by atoms with Gasteiger partial charge in [0.25, 0.3) is 5.91 Å². The highest BCUT2D eigenvalue weighted by atomic mass is 16.2. The molecule has 3 aromatic rings. The average Bonchev–Trinajstić information content (AvgIpc) is 2.91. The molecular formula is C20H23N5O. The van der Waals surface area contributed by atoms with Gasteiger partial charge in [-0.2, -0.15) is 5.10 Å². The Morgan fingerprint density at radius 3 is 2.85 bits per heavy atom. The second-order valence-electron chi connectivity index (χ2n) is 6.51. The fourth-order valence-electron chi connectivity index (χ4n) is 3.43. The predicted octanol–water partition coefficient (Wildman–Crippen LogP) is 2.55. The normalized spacial score (nSPS) is 15.2. The van der Waals surface area contributed by atoms with Crippen LogP contribution in [0.2, 0.25) is 0 Å². The summed E-state index contributed by atoms with van der Waals surface area (Å²) in [6.07, 6.45) is 2.74. The summed E-state index contributed by atoms with van der Waals surface area (Å²) in [5.41, 5.74) is 3.27. The van der Waals surface area contributed by atoms with E-state index < -0.39 is 0 Å². The number of nitrogens with zero attached hydrogens (tertiary/aromatic N) is 4. The minimum atomic E-state index is 0.0638. The number of carbonyl (C=O) groups is 1. The molecule has 0 radical (unpaired) electrons. The maximum atomic E-state index is 13.3. The van der Waals surface area contributed by atoms with Crippen LogP contribution in [0.25, 0.3) is 22.3 Å². The summed E-state index contributed by atoms with van der Waals surface area (Å²) in [5, 5.41) is 8.60. The van der Waals surface area contributed by atoms with Crippen LogP contribution < -0.4 is 5.32 Å². The number of aromatic nitrogens is 3. The number of fused-ring (bicyclic) bond motifs is 1. The Kier molecular flexibility index (Phi) is 4.67. The molecule has 0 aliphatic carbocycles. The average molecular weight is 349 g/mol. The zero-order chi connectivity index (χ0) is 17.9. The first-order valence-electron chi connectivity index (χ1n) is 9.20. The predicted molar refractivity (Wildman–Crippen MR) is 102 cm³/mol.